The Morgan fingerprint density at radius 2 is 1.80 bits per heavy atom. The van der Waals surface area contributed by atoms with E-state index in [1.807, 2.05) is 0 Å². The Labute approximate surface area is 140 Å². The number of hydrogen-bond donors (Lipinski definition) is 2. The van der Waals surface area contributed by atoms with E-state index in [1.54, 1.807) is 0 Å². The Balaban J connectivity index is 0.00000361. The van der Waals surface area contributed by atoms with Gasteiger partial charge in [-0.25, -0.2) is 0 Å². The second kappa shape index (κ2) is 12.0. The number of guanidine groups is 1. The van der Waals surface area contributed by atoms with Crippen LogP contribution in [0.25, 0.3) is 0 Å². The number of nitrogens with zero attached hydrogens (tertiary/aromatic N) is 1. The number of halogens is 1. The highest BCUT2D eigenvalue weighted by Gasteiger charge is 2.08. The maximum Gasteiger partial charge on any atom is 0.191 e. The van der Waals surface area contributed by atoms with Gasteiger partial charge in [-0.3, -0.25) is 4.99 Å². The van der Waals surface area contributed by atoms with Crippen LogP contribution >= 0.6 is 24.0 Å². The summed E-state index contributed by atoms with van der Waals surface area (Å²) in [5.41, 5.74) is 1.38. The van der Waals surface area contributed by atoms with Gasteiger partial charge >= 0.3 is 0 Å². The topological polar surface area (TPSA) is 36.4 Å². The summed E-state index contributed by atoms with van der Waals surface area (Å²) in [5, 5.41) is 6.63. The van der Waals surface area contributed by atoms with Gasteiger partial charge in [-0.15, -0.1) is 24.0 Å². The van der Waals surface area contributed by atoms with Gasteiger partial charge in [0.05, 0.1) is 0 Å². The Morgan fingerprint density at radius 1 is 1.10 bits per heavy atom. The molecule has 0 aliphatic heterocycles. The highest BCUT2D eigenvalue weighted by Crippen LogP contribution is 2.19. The van der Waals surface area contributed by atoms with E-state index in [0.717, 1.165) is 38.4 Å². The van der Waals surface area contributed by atoms with Gasteiger partial charge < -0.3 is 10.6 Å². The van der Waals surface area contributed by atoms with Gasteiger partial charge in [0, 0.05) is 25.6 Å². The Morgan fingerprint density at radius 3 is 2.35 bits per heavy atom. The van der Waals surface area contributed by atoms with Crippen LogP contribution in [-0.4, -0.2) is 25.6 Å². The highest BCUT2D eigenvalue weighted by molar-refractivity contribution is 14.0. The van der Waals surface area contributed by atoms with Gasteiger partial charge in [-0.05, 0) is 25.3 Å². The maximum atomic E-state index is 4.69. The van der Waals surface area contributed by atoms with Crippen molar-refractivity contribution in [3.8, 4) is 0 Å². The van der Waals surface area contributed by atoms with Crippen molar-refractivity contribution in [1.29, 1.82) is 0 Å². The predicted molar refractivity (Wildman–Crippen MR) is 99.2 cm³/mol. The van der Waals surface area contributed by atoms with Crippen molar-refractivity contribution in [3.05, 3.63) is 35.9 Å². The lowest BCUT2D eigenvalue weighted by Gasteiger charge is -2.15. The fourth-order valence-electron chi connectivity index (χ4n) is 1.98. The molecule has 0 saturated heterocycles. The fourth-order valence-corrected chi connectivity index (χ4v) is 1.98. The molecular formula is C16H28IN3. The van der Waals surface area contributed by atoms with Gasteiger partial charge in [0.2, 0.25) is 0 Å². The van der Waals surface area contributed by atoms with Crippen molar-refractivity contribution >= 4 is 29.9 Å². The van der Waals surface area contributed by atoms with Crippen LogP contribution in [0.15, 0.2) is 35.3 Å². The lowest BCUT2D eigenvalue weighted by atomic mass is 9.97. The number of nitrogens with one attached hydrogen (secondary N) is 2. The summed E-state index contributed by atoms with van der Waals surface area (Å²) >= 11 is 0. The quantitative estimate of drug-likeness (QED) is 0.423. The largest absolute Gasteiger partial charge is 0.357 e. The van der Waals surface area contributed by atoms with Crippen molar-refractivity contribution in [2.75, 3.05) is 19.6 Å². The molecule has 0 heterocycles. The van der Waals surface area contributed by atoms with Crippen LogP contribution in [-0.2, 0) is 0 Å². The van der Waals surface area contributed by atoms with Crippen LogP contribution in [0.5, 0.6) is 0 Å². The monoisotopic (exact) mass is 389 g/mol. The molecule has 2 N–H and O–H groups in total. The molecule has 1 atom stereocenters. The van der Waals surface area contributed by atoms with E-state index in [1.165, 1.54) is 5.56 Å². The van der Waals surface area contributed by atoms with Crippen LogP contribution in [0, 0.1) is 0 Å². The molecule has 0 spiro atoms. The molecule has 1 aromatic carbocycles. The second-order valence-corrected chi connectivity index (χ2v) is 4.66. The van der Waals surface area contributed by atoms with E-state index in [9.17, 15) is 0 Å². The van der Waals surface area contributed by atoms with Crippen LogP contribution < -0.4 is 10.6 Å². The Hall–Kier alpha value is -0.780. The summed E-state index contributed by atoms with van der Waals surface area (Å²) in [4.78, 5) is 4.69. The molecule has 0 amide bonds. The molecule has 0 fully saturated rings. The standard InChI is InChI=1S/C16H27N3.HI/c1-4-12-18-16(17-6-3)19-13-14(5-2)15-10-8-7-9-11-15;/h7-11,14H,4-6,12-13H2,1-3H3,(H2,17,18,19);1H. The Kier molecular flexibility index (Phi) is 11.5. The molecule has 0 aromatic heterocycles. The molecule has 20 heavy (non-hydrogen) atoms. The zero-order valence-electron chi connectivity index (χ0n) is 12.9. The molecule has 0 aliphatic rings. The van der Waals surface area contributed by atoms with Gasteiger partial charge in [-0.2, -0.15) is 0 Å². The van der Waals surface area contributed by atoms with E-state index < -0.39 is 0 Å². The molecule has 0 radical (unpaired) electrons. The van der Waals surface area contributed by atoms with Crippen LogP contribution in [0.1, 0.15) is 45.1 Å². The minimum atomic E-state index is 0. The molecule has 0 saturated carbocycles. The molecule has 0 aliphatic carbocycles. The molecule has 3 nitrogen and oxygen atoms in total. The minimum Gasteiger partial charge on any atom is -0.357 e. The van der Waals surface area contributed by atoms with Gasteiger partial charge in [0.25, 0.3) is 0 Å². The molecule has 1 unspecified atom stereocenters. The predicted octanol–water partition coefficient (Wildman–Crippen LogP) is 3.76. The van der Waals surface area contributed by atoms with Gasteiger partial charge in [0.1, 0.15) is 0 Å². The highest BCUT2D eigenvalue weighted by atomic mass is 127. The second-order valence-electron chi connectivity index (χ2n) is 4.66. The zero-order valence-corrected chi connectivity index (χ0v) is 15.2. The normalized spacial score (nSPS) is 12.4. The average Bonchev–Trinajstić information content (AvgIpc) is 2.46. The van der Waals surface area contributed by atoms with Crippen molar-refractivity contribution in [1.82, 2.24) is 10.6 Å². The number of hydrogen-bond acceptors (Lipinski definition) is 1. The third-order valence-corrected chi connectivity index (χ3v) is 3.12. The van der Waals surface area contributed by atoms with Crippen molar-refractivity contribution in [3.63, 3.8) is 0 Å². The molecule has 0 bridgehead atoms. The first-order valence-electron chi connectivity index (χ1n) is 7.38. The van der Waals surface area contributed by atoms with Gasteiger partial charge in [-0.1, -0.05) is 44.2 Å². The van der Waals surface area contributed by atoms with Crippen LogP contribution in [0.3, 0.4) is 0 Å². The first-order chi connectivity index (χ1) is 9.31. The molecular weight excluding hydrogens is 361 g/mol. The lowest BCUT2D eigenvalue weighted by molar-refractivity contribution is 0.666. The molecule has 1 aromatic rings. The van der Waals surface area contributed by atoms with E-state index in [4.69, 9.17) is 4.99 Å². The molecule has 114 valence electrons. The summed E-state index contributed by atoms with van der Waals surface area (Å²) in [6.45, 7) is 9.18. The first-order valence-corrected chi connectivity index (χ1v) is 7.38. The summed E-state index contributed by atoms with van der Waals surface area (Å²) in [6, 6.07) is 10.6. The third kappa shape index (κ3) is 7.12. The van der Waals surface area contributed by atoms with E-state index >= 15 is 0 Å². The fraction of sp³-hybridized carbons (Fsp3) is 0.562. The van der Waals surface area contributed by atoms with E-state index in [-0.39, 0.29) is 24.0 Å². The number of aliphatic imine (C=N–C) groups is 1. The summed E-state index contributed by atoms with van der Waals surface area (Å²) in [5.74, 6) is 1.43. The van der Waals surface area contributed by atoms with Gasteiger partial charge in [0.15, 0.2) is 5.96 Å². The van der Waals surface area contributed by atoms with E-state index in [0.29, 0.717) is 5.92 Å². The summed E-state index contributed by atoms with van der Waals surface area (Å²) in [7, 11) is 0. The zero-order chi connectivity index (χ0) is 13.9. The smallest absolute Gasteiger partial charge is 0.191 e. The minimum absolute atomic E-state index is 0. The van der Waals surface area contributed by atoms with Crippen molar-refractivity contribution < 1.29 is 0 Å². The van der Waals surface area contributed by atoms with Crippen molar-refractivity contribution in [2.45, 2.75) is 39.5 Å². The summed E-state index contributed by atoms with van der Waals surface area (Å²) < 4.78 is 0. The van der Waals surface area contributed by atoms with Crippen LogP contribution in [0.4, 0.5) is 0 Å². The Bertz CT molecular complexity index is 365. The molecule has 1 rings (SSSR count). The summed E-state index contributed by atoms with van der Waals surface area (Å²) in [6.07, 6.45) is 2.22. The number of benzene rings is 1. The SMILES string of the molecule is CCCNC(=NCC(CC)c1ccccc1)NCC.I. The average molecular weight is 389 g/mol. The lowest BCUT2D eigenvalue weighted by Crippen LogP contribution is -2.37. The first kappa shape index (κ1) is 19.2. The van der Waals surface area contributed by atoms with Crippen LogP contribution in [0.2, 0.25) is 0 Å². The third-order valence-electron chi connectivity index (χ3n) is 3.12. The van der Waals surface area contributed by atoms with Crippen molar-refractivity contribution in [2.24, 2.45) is 4.99 Å². The molecule has 4 heteroatoms. The van der Waals surface area contributed by atoms with E-state index in [2.05, 4.69) is 61.7 Å². The maximum absolute atomic E-state index is 4.69. The number of rotatable bonds is 7.